The van der Waals surface area contributed by atoms with Gasteiger partial charge in [0.2, 0.25) is 11.8 Å². The third-order valence-electron chi connectivity index (χ3n) is 6.12. The SMILES string of the molecule is COc1ccc(CCN(Cc2cccs2)C(=O)CN(C(=O)CCc2ccccc2)C(C)C)cc1OC. The summed E-state index contributed by atoms with van der Waals surface area (Å²) in [7, 11) is 3.23. The Morgan fingerprint density at radius 1 is 0.861 bits per heavy atom. The first-order chi connectivity index (χ1) is 17.4. The molecule has 0 aliphatic carbocycles. The van der Waals surface area contributed by atoms with Gasteiger partial charge in [-0.3, -0.25) is 9.59 Å². The van der Waals surface area contributed by atoms with Crippen LogP contribution < -0.4 is 9.47 Å². The number of thiophene rings is 1. The smallest absolute Gasteiger partial charge is 0.242 e. The van der Waals surface area contributed by atoms with Gasteiger partial charge in [0.1, 0.15) is 0 Å². The van der Waals surface area contributed by atoms with Gasteiger partial charge in [-0.2, -0.15) is 0 Å². The first-order valence-electron chi connectivity index (χ1n) is 12.3. The molecule has 1 heterocycles. The molecule has 0 aliphatic rings. The largest absolute Gasteiger partial charge is 0.493 e. The quantitative estimate of drug-likeness (QED) is 0.318. The van der Waals surface area contributed by atoms with E-state index in [0.717, 1.165) is 16.0 Å². The fourth-order valence-electron chi connectivity index (χ4n) is 4.03. The standard InChI is InChI=1S/C29H36N2O4S/c1-22(2)31(28(32)15-13-23-9-6-5-7-10-23)21-29(33)30(20-25-11-8-18-36-25)17-16-24-12-14-26(34-3)27(19-24)35-4/h5-12,14,18-19,22H,13,15-17,20-21H2,1-4H3. The molecule has 0 spiro atoms. The van der Waals surface area contributed by atoms with Crippen LogP contribution >= 0.6 is 11.3 Å². The number of hydrogen-bond acceptors (Lipinski definition) is 5. The van der Waals surface area contributed by atoms with Crippen molar-refractivity contribution in [1.82, 2.24) is 9.80 Å². The first kappa shape index (κ1) is 27.3. The Hall–Kier alpha value is -3.32. The number of carbonyl (C=O) groups excluding carboxylic acids is 2. The monoisotopic (exact) mass is 508 g/mol. The van der Waals surface area contributed by atoms with Crippen LogP contribution in [0.25, 0.3) is 0 Å². The van der Waals surface area contributed by atoms with Crippen molar-refractivity contribution in [3.8, 4) is 11.5 Å². The van der Waals surface area contributed by atoms with Gasteiger partial charge in [-0.1, -0.05) is 42.5 Å². The predicted molar refractivity (Wildman–Crippen MR) is 145 cm³/mol. The summed E-state index contributed by atoms with van der Waals surface area (Å²) in [5.74, 6) is 1.29. The lowest BCUT2D eigenvalue weighted by atomic mass is 10.1. The van der Waals surface area contributed by atoms with Gasteiger partial charge in [-0.15, -0.1) is 11.3 Å². The van der Waals surface area contributed by atoms with E-state index >= 15 is 0 Å². The number of benzene rings is 2. The van der Waals surface area contributed by atoms with Crippen molar-refractivity contribution in [2.75, 3.05) is 27.3 Å². The molecule has 0 aliphatic heterocycles. The van der Waals surface area contributed by atoms with Crippen molar-refractivity contribution in [1.29, 1.82) is 0 Å². The maximum Gasteiger partial charge on any atom is 0.242 e. The molecule has 2 amide bonds. The topological polar surface area (TPSA) is 59.1 Å². The van der Waals surface area contributed by atoms with E-state index in [2.05, 4.69) is 0 Å². The second kappa shape index (κ2) is 13.7. The molecule has 6 nitrogen and oxygen atoms in total. The van der Waals surface area contributed by atoms with Gasteiger partial charge in [-0.05, 0) is 61.4 Å². The number of hydrogen-bond donors (Lipinski definition) is 0. The zero-order chi connectivity index (χ0) is 25.9. The Kier molecular flexibility index (Phi) is 10.4. The highest BCUT2D eigenvalue weighted by molar-refractivity contribution is 7.09. The summed E-state index contributed by atoms with van der Waals surface area (Å²) in [6.45, 7) is 5.05. The van der Waals surface area contributed by atoms with Gasteiger partial charge in [0.15, 0.2) is 11.5 Å². The molecule has 0 saturated carbocycles. The molecular formula is C29H36N2O4S. The first-order valence-corrected chi connectivity index (χ1v) is 13.1. The highest BCUT2D eigenvalue weighted by Crippen LogP contribution is 2.28. The Morgan fingerprint density at radius 2 is 1.61 bits per heavy atom. The lowest BCUT2D eigenvalue weighted by Gasteiger charge is -2.30. The summed E-state index contributed by atoms with van der Waals surface area (Å²) in [6.07, 6.45) is 1.71. The van der Waals surface area contributed by atoms with Crippen LogP contribution in [0.15, 0.2) is 66.0 Å². The van der Waals surface area contributed by atoms with Crippen molar-refractivity contribution in [2.45, 2.75) is 45.7 Å². The van der Waals surface area contributed by atoms with Crippen molar-refractivity contribution in [3.05, 3.63) is 82.0 Å². The summed E-state index contributed by atoms with van der Waals surface area (Å²) < 4.78 is 10.8. The van der Waals surface area contributed by atoms with E-state index < -0.39 is 0 Å². The second-order valence-electron chi connectivity index (χ2n) is 8.93. The fraction of sp³-hybridized carbons (Fsp3) is 0.379. The third kappa shape index (κ3) is 7.85. The van der Waals surface area contributed by atoms with Gasteiger partial charge in [0.05, 0.1) is 27.3 Å². The van der Waals surface area contributed by atoms with Crippen LogP contribution in [-0.4, -0.2) is 55.0 Å². The molecule has 7 heteroatoms. The van der Waals surface area contributed by atoms with Crippen LogP contribution in [0.4, 0.5) is 0 Å². The number of carbonyl (C=O) groups is 2. The molecule has 36 heavy (non-hydrogen) atoms. The van der Waals surface area contributed by atoms with E-state index in [1.807, 2.05) is 84.8 Å². The third-order valence-corrected chi connectivity index (χ3v) is 6.98. The van der Waals surface area contributed by atoms with E-state index in [1.165, 1.54) is 0 Å². The van der Waals surface area contributed by atoms with E-state index in [4.69, 9.17) is 9.47 Å². The van der Waals surface area contributed by atoms with Crippen molar-refractivity contribution < 1.29 is 19.1 Å². The number of nitrogens with zero attached hydrogens (tertiary/aromatic N) is 2. The Labute approximate surface area is 218 Å². The molecular weight excluding hydrogens is 472 g/mol. The average Bonchev–Trinajstić information content (AvgIpc) is 3.41. The molecule has 2 aromatic carbocycles. The van der Waals surface area contributed by atoms with Crippen molar-refractivity contribution >= 4 is 23.2 Å². The normalized spacial score (nSPS) is 10.8. The minimum absolute atomic E-state index is 0.00170. The molecule has 0 bridgehead atoms. The summed E-state index contributed by atoms with van der Waals surface area (Å²) in [4.78, 5) is 31.2. The number of rotatable bonds is 13. The Morgan fingerprint density at radius 3 is 2.25 bits per heavy atom. The predicted octanol–water partition coefficient (Wildman–Crippen LogP) is 5.21. The average molecular weight is 509 g/mol. The molecule has 0 N–H and O–H groups in total. The van der Waals surface area contributed by atoms with Gasteiger partial charge >= 0.3 is 0 Å². The molecule has 0 atom stereocenters. The lowest BCUT2D eigenvalue weighted by molar-refractivity contribution is -0.142. The van der Waals surface area contributed by atoms with E-state index in [1.54, 1.807) is 30.5 Å². The Balaban J connectivity index is 1.68. The van der Waals surface area contributed by atoms with E-state index in [9.17, 15) is 9.59 Å². The highest BCUT2D eigenvalue weighted by atomic mass is 32.1. The van der Waals surface area contributed by atoms with Gasteiger partial charge in [0.25, 0.3) is 0 Å². The molecule has 192 valence electrons. The van der Waals surface area contributed by atoms with Crippen LogP contribution in [0.1, 0.15) is 36.3 Å². The summed E-state index contributed by atoms with van der Waals surface area (Å²) in [5.41, 5.74) is 2.17. The van der Waals surface area contributed by atoms with Gasteiger partial charge in [0, 0.05) is 23.9 Å². The fourth-order valence-corrected chi connectivity index (χ4v) is 4.75. The van der Waals surface area contributed by atoms with Crippen LogP contribution in [0.2, 0.25) is 0 Å². The molecule has 0 fully saturated rings. The van der Waals surface area contributed by atoms with Crippen LogP contribution in [0.3, 0.4) is 0 Å². The number of ether oxygens (including phenoxy) is 2. The van der Waals surface area contributed by atoms with Crippen LogP contribution in [-0.2, 0) is 29.0 Å². The number of aryl methyl sites for hydroxylation is 1. The zero-order valence-electron chi connectivity index (χ0n) is 21.6. The highest BCUT2D eigenvalue weighted by Gasteiger charge is 2.24. The van der Waals surface area contributed by atoms with E-state index in [-0.39, 0.29) is 24.4 Å². The molecule has 1 aromatic heterocycles. The Bertz CT molecular complexity index is 1100. The summed E-state index contributed by atoms with van der Waals surface area (Å²) in [6, 6.07) is 19.7. The van der Waals surface area contributed by atoms with Crippen LogP contribution in [0, 0.1) is 0 Å². The van der Waals surface area contributed by atoms with Crippen LogP contribution in [0.5, 0.6) is 11.5 Å². The maximum atomic E-state index is 13.5. The van der Waals surface area contributed by atoms with E-state index in [0.29, 0.717) is 43.9 Å². The van der Waals surface area contributed by atoms with Gasteiger partial charge < -0.3 is 19.3 Å². The summed E-state index contributed by atoms with van der Waals surface area (Å²) >= 11 is 1.63. The van der Waals surface area contributed by atoms with Gasteiger partial charge in [-0.25, -0.2) is 0 Å². The minimum atomic E-state index is -0.0633. The zero-order valence-corrected chi connectivity index (χ0v) is 22.4. The molecule has 3 aromatic rings. The molecule has 3 rings (SSSR count). The minimum Gasteiger partial charge on any atom is -0.493 e. The maximum absolute atomic E-state index is 13.5. The second-order valence-corrected chi connectivity index (χ2v) is 9.97. The molecule has 0 saturated heterocycles. The number of methoxy groups -OCH3 is 2. The summed E-state index contributed by atoms with van der Waals surface area (Å²) in [5, 5.41) is 2.01. The lowest BCUT2D eigenvalue weighted by Crippen LogP contribution is -2.46. The molecule has 0 radical (unpaired) electrons. The van der Waals surface area contributed by atoms with Crippen molar-refractivity contribution in [3.63, 3.8) is 0 Å². The molecule has 0 unspecified atom stereocenters. The van der Waals surface area contributed by atoms with Crippen molar-refractivity contribution in [2.24, 2.45) is 0 Å². The number of amides is 2.